The van der Waals surface area contributed by atoms with Gasteiger partial charge in [0.2, 0.25) is 0 Å². The summed E-state index contributed by atoms with van der Waals surface area (Å²) in [5.74, 6) is 0. The van der Waals surface area contributed by atoms with Crippen molar-refractivity contribution in [1.29, 1.82) is 0 Å². The van der Waals surface area contributed by atoms with Gasteiger partial charge >= 0.3 is 0 Å². The molecule has 0 aliphatic carbocycles. The summed E-state index contributed by atoms with van der Waals surface area (Å²) in [7, 11) is 0. The van der Waals surface area contributed by atoms with Crippen LogP contribution in [0.2, 0.25) is 0 Å². The van der Waals surface area contributed by atoms with E-state index in [1.165, 1.54) is 43.3 Å². The summed E-state index contributed by atoms with van der Waals surface area (Å²) in [6.45, 7) is 0. The van der Waals surface area contributed by atoms with E-state index in [1.807, 2.05) is 6.20 Å². The first-order chi connectivity index (χ1) is 18.9. The minimum atomic E-state index is 0.913. The van der Waals surface area contributed by atoms with Crippen LogP contribution in [0.15, 0.2) is 134 Å². The summed E-state index contributed by atoms with van der Waals surface area (Å²) in [5.41, 5.74) is 5.15. The van der Waals surface area contributed by atoms with Crippen molar-refractivity contribution in [3.05, 3.63) is 134 Å². The van der Waals surface area contributed by atoms with Gasteiger partial charge in [-0.2, -0.15) is 0 Å². The van der Waals surface area contributed by atoms with E-state index < -0.39 is 0 Å². The van der Waals surface area contributed by atoms with Crippen molar-refractivity contribution in [2.45, 2.75) is 0 Å². The van der Waals surface area contributed by atoms with Crippen molar-refractivity contribution in [2.75, 3.05) is 0 Å². The van der Waals surface area contributed by atoms with Gasteiger partial charge in [0.1, 0.15) is 0 Å². The normalized spacial score (nSPS) is 11.7. The number of fused-ring (bicyclic) bond motifs is 7. The van der Waals surface area contributed by atoms with Crippen molar-refractivity contribution >= 4 is 54.0 Å². The fourth-order valence-electron chi connectivity index (χ4n) is 5.96. The third kappa shape index (κ3) is 3.07. The lowest BCUT2D eigenvalue weighted by Gasteiger charge is -2.15. The minimum absolute atomic E-state index is 0.913. The Kier molecular flexibility index (Phi) is 4.55. The van der Waals surface area contributed by atoms with Crippen LogP contribution in [0.25, 0.3) is 76.5 Å². The maximum Gasteiger partial charge on any atom is 0.0978 e. The van der Waals surface area contributed by atoms with Gasteiger partial charge in [-0.05, 0) is 38.6 Å². The third-order valence-corrected chi connectivity index (χ3v) is 7.69. The zero-order chi connectivity index (χ0) is 25.1. The Labute approximate surface area is 219 Å². The Morgan fingerprint density at radius 3 is 1.84 bits per heavy atom. The van der Waals surface area contributed by atoms with Crippen LogP contribution in [-0.2, 0) is 0 Å². The lowest BCUT2D eigenvalue weighted by molar-refractivity contribution is 1.31. The summed E-state index contributed by atoms with van der Waals surface area (Å²) < 4.78 is 0. The van der Waals surface area contributed by atoms with Crippen molar-refractivity contribution in [3.8, 4) is 22.5 Å². The van der Waals surface area contributed by atoms with Gasteiger partial charge in [0.05, 0.1) is 16.9 Å². The van der Waals surface area contributed by atoms with Gasteiger partial charge in [-0.3, -0.25) is 4.98 Å². The van der Waals surface area contributed by atoms with E-state index in [2.05, 4.69) is 127 Å². The van der Waals surface area contributed by atoms with Crippen LogP contribution in [-0.4, -0.2) is 9.97 Å². The minimum Gasteiger partial charge on any atom is -0.253 e. The highest BCUT2D eigenvalue weighted by molar-refractivity contribution is 6.23. The Balaban J connectivity index is 1.48. The van der Waals surface area contributed by atoms with E-state index >= 15 is 0 Å². The topological polar surface area (TPSA) is 25.8 Å². The summed E-state index contributed by atoms with van der Waals surface area (Å²) >= 11 is 0. The Morgan fingerprint density at radius 1 is 0.368 bits per heavy atom. The zero-order valence-corrected chi connectivity index (χ0v) is 20.6. The average molecular weight is 483 g/mol. The molecule has 0 aliphatic rings. The van der Waals surface area contributed by atoms with Gasteiger partial charge in [0.25, 0.3) is 0 Å². The molecule has 0 bridgehead atoms. The molecule has 8 aromatic rings. The predicted molar refractivity (Wildman–Crippen MR) is 160 cm³/mol. The summed E-state index contributed by atoms with van der Waals surface area (Å²) in [4.78, 5) is 10.4. The highest BCUT2D eigenvalue weighted by atomic mass is 14.8. The second-order valence-electron chi connectivity index (χ2n) is 9.78. The molecule has 2 heteroatoms. The predicted octanol–water partition coefficient (Wildman–Crippen LogP) is 9.58. The number of pyridine rings is 2. The molecule has 0 atom stereocenters. The Morgan fingerprint density at radius 2 is 1.00 bits per heavy atom. The maximum absolute atomic E-state index is 5.22. The molecule has 2 aromatic heterocycles. The first-order valence-corrected chi connectivity index (χ1v) is 12.9. The van der Waals surface area contributed by atoms with E-state index in [0.29, 0.717) is 0 Å². The van der Waals surface area contributed by atoms with Gasteiger partial charge in [-0.1, -0.05) is 121 Å². The lowest BCUT2D eigenvalue weighted by atomic mass is 9.92. The molecule has 0 unspecified atom stereocenters. The smallest absolute Gasteiger partial charge is 0.0978 e. The van der Waals surface area contributed by atoms with Crippen LogP contribution in [0.3, 0.4) is 0 Å². The molecule has 0 fully saturated rings. The molecule has 0 amide bonds. The molecule has 38 heavy (non-hydrogen) atoms. The number of rotatable bonds is 2. The van der Waals surface area contributed by atoms with Crippen molar-refractivity contribution in [1.82, 2.24) is 9.97 Å². The average Bonchev–Trinajstić information content (AvgIpc) is 2.99. The van der Waals surface area contributed by atoms with Crippen molar-refractivity contribution in [2.24, 2.45) is 0 Å². The molecule has 0 aliphatic heterocycles. The first-order valence-electron chi connectivity index (χ1n) is 12.9. The van der Waals surface area contributed by atoms with Crippen LogP contribution in [0.4, 0.5) is 0 Å². The number of hydrogen-bond donors (Lipinski definition) is 0. The van der Waals surface area contributed by atoms with Gasteiger partial charge in [-0.15, -0.1) is 0 Å². The molecule has 8 rings (SSSR count). The summed E-state index contributed by atoms with van der Waals surface area (Å²) in [6, 6.07) is 45.1. The highest BCUT2D eigenvalue weighted by Crippen LogP contribution is 2.41. The van der Waals surface area contributed by atoms with Crippen molar-refractivity contribution in [3.63, 3.8) is 0 Å². The standard InChI is InChI=1S/C36H22N2/c1-3-13-25-23(10-1)12-9-18-27(25)32-22-37-35(29-16-6-5-15-28(29)32)36-31-21-20-24-11-2-4-14-26(24)34(31)30-17-7-8-19-33(30)38-36/h1-22H. The molecule has 6 aromatic carbocycles. The van der Waals surface area contributed by atoms with Crippen LogP contribution in [0.1, 0.15) is 0 Å². The van der Waals surface area contributed by atoms with Crippen LogP contribution >= 0.6 is 0 Å². The first kappa shape index (κ1) is 21.0. The number of aromatic nitrogens is 2. The maximum atomic E-state index is 5.22. The number of nitrogens with zero attached hydrogens (tertiary/aromatic N) is 2. The fraction of sp³-hybridized carbons (Fsp3) is 0. The molecule has 0 saturated heterocycles. The number of benzene rings is 6. The zero-order valence-electron chi connectivity index (χ0n) is 20.6. The molecule has 0 spiro atoms. The molecule has 176 valence electrons. The molecule has 2 nitrogen and oxygen atoms in total. The second-order valence-corrected chi connectivity index (χ2v) is 9.78. The summed E-state index contributed by atoms with van der Waals surface area (Å²) in [6.07, 6.45) is 2.03. The van der Waals surface area contributed by atoms with Crippen molar-refractivity contribution < 1.29 is 0 Å². The van der Waals surface area contributed by atoms with E-state index in [-0.39, 0.29) is 0 Å². The third-order valence-electron chi connectivity index (χ3n) is 7.69. The van der Waals surface area contributed by atoms with Gasteiger partial charge < -0.3 is 0 Å². The highest BCUT2D eigenvalue weighted by Gasteiger charge is 2.18. The monoisotopic (exact) mass is 482 g/mol. The lowest BCUT2D eigenvalue weighted by Crippen LogP contribution is -1.95. The molecular weight excluding hydrogens is 460 g/mol. The Bertz CT molecular complexity index is 2170. The SMILES string of the molecule is c1ccc2c(-c3cnc(-c4nc5ccccc5c5c4ccc4ccccc45)c4ccccc34)cccc2c1. The van der Waals surface area contributed by atoms with E-state index in [1.54, 1.807) is 0 Å². The van der Waals surface area contributed by atoms with Gasteiger partial charge in [0, 0.05) is 33.3 Å². The molecule has 2 heterocycles. The molecular formula is C36H22N2. The number of para-hydroxylation sites is 1. The largest absolute Gasteiger partial charge is 0.253 e. The quantitative estimate of drug-likeness (QED) is 0.229. The van der Waals surface area contributed by atoms with E-state index in [4.69, 9.17) is 9.97 Å². The fourth-order valence-corrected chi connectivity index (χ4v) is 5.96. The number of hydrogen-bond acceptors (Lipinski definition) is 2. The molecule has 0 N–H and O–H groups in total. The van der Waals surface area contributed by atoms with Crippen LogP contribution in [0.5, 0.6) is 0 Å². The van der Waals surface area contributed by atoms with Gasteiger partial charge in [-0.25, -0.2) is 4.98 Å². The second kappa shape index (κ2) is 8.22. The van der Waals surface area contributed by atoms with Crippen LogP contribution in [0, 0.1) is 0 Å². The molecule has 0 saturated carbocycles. The van der Waals surface area contributed by atoms with E-state index in [0.717, 1.165) is 33.2 Å². The van der Waals surface area contributed by atoms with Gasteiger partial charge in [0.15, 0.2) is 0 Å². The Hall–Kier alpha value is -5.08. The van der Waals surface area contributed by atoms with E-state index in [9.17, 15) is 0 Å². The molecule has 0 radical (unpaired) electrons. The van der Waals surface area contributed by atoms with Crippen LogP contribution < -0.4 is 0 Å². The summed E-state index contributed by atoms with van der Waals surface area (Å²) in [5, 5.41) is 10.7.